The van der Waals surface area contributed by atoms with E-state index in [4.69, 9.17) is 5.11 Å². The molecule has 0 aliphatic rings. The minimum absolute atomic E-state index is 0.0497. The Hall–Kier alpha value is -1.98. The van der Waals surface area contributed by atoms with Crippen LogP contribution in [-0.2, 0) is 9.59 Å². The van der Waals surface area contributed by atoms with E-state index in [1.165, 1.54) is 12.3 Å². The van der Waals surface area contributed by atoms with Crippen molar-refractivity contribution in [2.24, 2.45) is 0 Å². The maximum absolute atomic E-state index is 13.0. The molecule has 0 saturated heterocycles. The molecule has 0 atom stereocenters. The van der Waals surface area contributed by atoms with E-state index in [0.717, 1.165) is 6.20 Å². The highest BCUT2D eigenvalue weighted by molar-refractivity contribution is 5.94. The van der Waals surface area contributed by atoms with Crippen LogP contribution in [-0.4, -0.2) is 28.4 Å². The number of carboxylic acids is 1. The fraction of sp³-hybridized carbons (Fsp3) is 0.300. The zero-order chi connectivity index (χ0) is 12.0. The number of carbonyl (C=O) groups excluding carboxylic acids is 1. The van der Waals surface area contributed by atoms with Gasteiger partial charge < -0.3 is 10.4 Å². The van der Waals surface area contributed by atoms with Crippen LogP contribution in [0.1, 0.15) is 12.8 Å². The molecule has 86 valence electrons. The number of ketones is 1. The minimum Gasteiger partial charge on any atom is -0.481 e. The molecule has 16 heavy (non-hydrogen) atoms. The Kier molecular flexibility index (Phi) is 4.38. The van der Waals surface area contributed by atoms with Gasteiger partial charge in [-0.1, -0.05) is 0 Å². The van der Waals surface area contributed by atoms with E-state index in [-0.39, 0.29) is 18.7 Å². The quantitative estimate of drug-likeness (QED) is 0.709. The maximum atomic E-state index is 13.0. The van der Waals surface area contributed by atoms with Crippen LogP contribution in [0.5, 0.6) is 0 Å². The standard InChI is InChI=1S/C10H11FN2O3/c11-8-6-12-3-2-9(8)13-4-1-7(14)5-10(15)16/h2-3,6H,1,4-5H2,(H,12,13)(H,15,16). The highest BCUT2D eigenvalue weighted by Gasteiger charge is 2.07. The number of aromatic nitrogens is 1. The average Bonchev–Trinajstić information content (AvgIpc) is 2.19. The number of aliphatic carboxylic acids is 1. The lowest BCUT2D eigenvalue weighted by Gasteiger charge is -2.05. The molecule has 0 bridgehead atoms. The van der Waals surface area contributed by atoms with Crippen LogP contribution < -0.4 is 5.32 Å². The van der Waals surface area contributed by atoms with E-state index in [9.17, 15) is 14.0 Å². The molecule has 1 aromatic rings. The van der Waals surface area contributed by atoms with Crippen LogP contribution in [0.25, 0.3) is 0 Å². The van der Waals surface area contributed by atoms with Gasteiger partial charge in [0.15, 0.2) is 5.82 Å². The Labute approximate surface area is 91.3 Å². The molecule has 0 amide bonds. The van der Waals surface area contributed by atoms with E-state index in [2.05, 4.69) is 10.3 Å². The summed E-state index contributed by atoms with van der Waals surface area (Å²) < 4.78 is 13.0. The number of Topliss-reactive ketones (excluding diaryl/α,β-unsaturated/α-hetero) is 1. The number of carbonyl (C=O) groups is 2. The zero-order valence-corrected chi connectivity index (χ0v) is 8.44. The molecule has 1 heterocycles. The van der Waals surface area contributed by atoms with Gasteiger partial charge in [-0.05, 0) is 6.07 Å². The number of pyridine rings is 1. The van der Waals surface area contributed by atoms with Crippen LogP contribution in [0.3, 0.4) is 0 Å². The summed E-state index contributed by atoms with van der Waals surface area (Å²) in [5.74, 6) is -2.05. The lowest BCUT2D eigenvalue weighted by atomic mass is 10.2. The van der Waals surface area contributed by atoms with Crippen LogP contribution in [0.4, 0.5) is 10.1 Å². The minimum atomic E-state index is -1.15. The van der Waals surface area contributed by atoms with E-state index in [1.54, 1.807) is 0 Å². The molecular weight excluding hydrogens is 215 g/mol. The first kappa shape index (κ1) is 12.1. The molecule has 0 unspecified atom stereocenters. The summed E-state index contributed by atoms with van der Waals surface area (Å²) >= 11 is 0. The first-order valence-electron chi connectivity index (χ1n) is 4.66. The number of rotatable bonds is 6. The summed E-state index contributed by atoms with van der Waals surface area (Å²) in [7, 11) is 0. The van der Waals surface area contributed by atoms with E-state index >= 15 is 0 Å². The second kappa shape index (κ2) is 5.79. The highest BCUT2D eigenvalue weighted by Crippen LogP contribution is 2.10. The second-order valence-corrected chi connectivity index (χ2v) is 3.14. The highest BCUT2D eigenvalue weighted by atomic mass is 19.1. The number of nitrogens with one attached hydrogen (secondary N) is 1. The third-order valence-corrected chi connectivity index (χ3v) is 1.84. The molecule has 1 rings (SSSR count). The molecule has 5 nitrogen and oxygen atoms in total. The number of halogens is 1. The van der Waals surface area contributed by atoms with Gasteiger partial charge in [-0.3, -0.25) is 14.6 Å². The monoisotopic (exact) mass is 226 g/mol. The molecule has 0 aliphatic carbocycles. The number of anilines is 1. The molecule has 2 N–H and O–H groups in total. The summed E-state index contributed by atoms with van der Waals surface area (Å²) in [5.41, 5.74) is 0.248. The SMILES string of the molecule is O=C(O)CC(=O)CCNc1ccncc1F. The van der Waals surface area contributed by atoms with E-state index < -0.39 is 24.0 Å². The van der Waals surface area contributed by atoms with Crippen LogP contribution >= 0.6 is 0 Å². The first-order chi connectivity index (χ1) is 7.59. The van der Waals surface area contributed by atoms with E-state index in [1.807, 2.05) is 0 Å². The van der Waals surface area contributed by atoms with Crippen molar-refractivity contribution in [3.8, 4) is 0 Å². The van der Waals surface area contributed by atoms with Gasteiger partial charge in [-0.2, -0.15) is 0 Å². The maximum Gasteiger partial charge on any atom is 0.310 e. The van der Waals surface area contributed by atoms with Crippen LogP contribution in [0.2, 0.25) is 0 Å². The lowest BCUT2D eigenvalue weighted by Crippen LogP contribution is -2.12. The summed E-state index contributed by atoms with van der Waals surface area (Å²) in [5, 5.41) is 11.0. The van der Waals surface area contributed by atoms with Gasteiger partial charge in [-0.25, -0.2) is 4.39 Å². The summed E-state index contributed by atoms with van der Waals surface area (Å²) in [4.78, 5) is 24.8. The van der Waals surface area contributed by atoms with E-state index in [0.29, 0.717) is 0 Å². The van der Waals surface area contributed by atoms with Gasteiger partial charge in [0.2, 0.25) is 0 Å². The largest absolute Gasteiger partial charge is 0.481 e. The fourth-order valence-corrected chi connectivity index (χ4v) is 1.11. The average molecular weight is 226 g/mol. The molecule has 0 spiro atoms. The van der Waals surface area contributed by atoms with Crippen LogP contribution in [0.15, 0.2) is 18.5 Å². The van der Waals surface area contributed by atoms with Crippen molar-refractivity contribution in [2.75, 3.05) is 11.9 Å². The third kappa shape index (κ3) is 4.04. The number of hydrogen-bond acceptors (Lipinski definition) is 4. The normalized spacial score (nSPS) is 9.81. The Morgan fingerprint density at radius 2 is 2.25 bits per heavy atom. The zero-order valence-electron chi connectivity index (χ0n) is 8.44. The molecular formula is C10H11FN2O3. The van der Waals surface area contributed by atoms with Gasteiger partial charge in [-0.15, -0.1) is 0 Å². The molecule has 0 aromatic carbocycles. The molecule has 0 fully saturated rings. The van der Waals surface area contributed by atoms with Gasteiger partial charge in [0, 0.05) is 19.2 Å². The number of carboxylic acid groups (broad SMARTS) is 1. The van der Waals surface area contributed by atoms with Gasteiger partial charge in [0.05, 0.1) is 11.9 Å². The summed E-state index contributed by atoms with van der Waals surface area (Å²) in [6.45, 7) is 0.201. The molecule has 6 heteroatoms. The van der Waals surface area contributed by atoms with Crippen molar-refractivity contribution in [3.05, 3.63) is 24.3 Å². The van der Waals surface area contributed by atoms with Gasteiger partial charge in [0.1, 0.15) is 12.2 Å². The van der Waals surface area contributed by atoms with Crippen molar-refractivity contribution in [1.29, 1.82) is 0 Å². The molecule has 0 saturated carbocycles. The van der Waals surface area contributed by atoms with Crippen molar-refractivity contribution >= 4 is 17.4 Å². The summed E-state index contributed by atoms with van der Waals surface area (Å²) in [6.07, 6.45) is 2.03. The van der Waals surface area contributed by atoms with Crippen molar-refractivity contribution in [3.63, 3.8) is 0 Å². The summed E-state index contributed by atoms with van der Waals surface area (Å²) in [6, 6.07) is 1.44. The Bertz CT molecular complexity index is 395. The molecule has 0 aliphatic heterocycles. The first-order valence-corrected chi connectivity index (χ1v) is 4.66. The van der Waals surface area contributed by atoms with Gasteiger partial charge >= 0.3 is 5.97 Å². The van der Waals surface area contributed by atoms with Gasteiger partial charge in [0.25, 0.3) is 0 Å². The Morgan fingerprint density at radius 1 is 1.50 bits per heavy atom. The third-order valence-electron chi connectivity index (χ3n) is 1.84. The fourth-order valence-electron chi connectivity index (χ4n) is 1.11. The predicted molar refractivity (Wildman–Crippen MR) is 54.6 cm³/mol. The second-order valence-electron chi connectivity index (χ2n) is 3.14. The van der Waals surface area contributed by atoms with Crippen molar-refractivity contribution in [1.82, 2.24) is 4.98 Å². The lowest BCUT2D eigenvalue weighted by molar-refractivity contribution is -0.140. The van der Waals surface area contributed by atoms with Crippen molar-refractivity contribution in [2.45, 2.75) is 12.8 Å². The Balaban J connectivity index is 2.33. The topological polar surface area (TPSA) is 79.3 Å². The number of nitrogens with zero attached hydrogens (tertiary/aromatic N) is 1. The van der Waals surface area contributed by atoms with Crippen LogP contribution in [0, 0.1) is 5.82 Å². The number of hydrogen-bond donors (Lipinski definition) is 2. The van der Waals surface area contributed by atoms with Crippen molar-refractivity contribution < 1.29 is 19.1 Å². The molecule has 0 radical (unpaired) electrons. The Morgan fingerprint density at radius 3 is 2.88 bits per heavy atom. The molecule has 1 aromatic heterocycles. The predicted octanol–water partition coefficient (Wildman–Crippen LogP) is 1.07. The smallest absolute Gasteiger partial charge is 0.310 e.